The standard InChI is InChI=1S/C26H18N4O/c1-27-19-12-13-24(31)21(16-19)26-29-25-20(9-6-11-23(25)30(26)2)17-7-5-8-18(15-17)22-10-3-4-14-28-22/h3-16,31H,2H3. The van der Waals surface area contributed by atoms with Crippen LogP contribution in [0.2, 0.25) is 0 Å². The van der Waals surface area contributed by atoms with Crippen molar-refractivity contribution in [3.05, 3.63) is 96.5 Å². The van der Waals surface area contributed by atoms with E-state index in [2.05, 4.69) is 22.0 Å². The second-order valence-electron chi connectivity index (χ2n) is 7.28. The summed E-state index contributed by atoms with van der Waals surface area (Å²) in [6.07, 6.45) is 1.79. The molecule has 0 aliphatic heterocycles. The third kappa shape index (κ3) is 3.21. The van der Waals surface area contributed by atoms with Crippen molar-refractivity contribution in [2.75, 3.05) is 0 Å². The van der Waals surface area contributed by atoms with Gasteiger partial charge in [0.25, 0.3) is 0 Å². The van der Waals surface area contributed by atoms with Gasteiger partial charge in [0, 0.05) is 29.9 Å². The van der Waals surface area contributed by atoms with Crippen molar-refractivity contribution in [3.63, 3.8) is 0 Å². The number of rotatable bonds is 3. The van der Waals surface area contributed by atoms with Crippen LogP contribution in [-0.2, 0) is 7.05 Å². The van der Waals surface area contributed by atoms with E-state index in [-0.39, 0.29) is 5.75 Å². The van der Waals surface area contributed by atoms with Crippen molar-refractivity contribution in [1.82, 2.24) is 14.5 Å². The highest BCUT2D eigenvalue weighted by Gasteiger charge is 2.17. The molecule has 5 aromatic rings. The van der Waals surface area contributed by atoms with E-state index < -0.39 is 0 Å². The molecule has 5 nitrogen and oxygen atoms in total. The van der Waals surface area contributed by atoms with Gasteiger partial charge in [-0.3, -0.25) is 4.98 Å². The van der Waals surface area contributed by atoms with Gasteiger partial charge >= 0.3 is 0 Å². The van der Waals surface area contributed by atoms with Crippen LogP contribution in [0.3, 0.4) is 0 Å². The fourth-order valence-corrected chi connectivity index (χ4v) is 3.84. The molecular formula is C26H18N4O. The van der Waals surface area contributed by atoms with Crippen molar-refractivity contribution < 1.29 is 5.11 Å². The van der Waals surface area contributed by atoms with Crippen LogP contribution in [0.5, 0.6) is 5.75 Å². The normalized spacial score (nSPS) is 10.8. The number of aryl methyl sites for hydroxylation is 1. The van der Waals surface area contributed by atoms with Crippen molar-refractivity contribution >= 4 is 16.7 Å². The van der Waals surface area contributed by atoms with E-state index in [1.54, 1.807) is 24.4 Å². The number of nitrogens with zero attached hydrogens (tertiary/aromatic N) is 4. The molecule has 5 rings (SSSR count). The van der Waals surface area contributed by atoms with E-state index in [0.717, 1.165) is 33.4 Å². The molecule has 0 aliphatic rings. The number of hydrogen-bond acceptors (Lipinski definition) is 3. The van der Waals surface area contributed by atoms with Crippen LogP contribution in [0.1, 0.15) is 0 Å². The smallest absolute Gasteiger partial charge is 0.188 e. The third-order valence-corrected chi connectivity index (χ3v) is 5.40. The summed E-state index contributed by atoms with van der Waals surface area (Å²) in [5.41, 5.74) is 6.78. The molecule has 2 heterocycles. The fourth-order valence-electron chi connectivity index (χ4n) is 3.84. The minimum atomic E-state index is 0.101. The number of phenolic OH excluding ortho intramolecular Hbond substituents is 1. The van der Waals surface area contributed by atoms with Crippen molar-refractivity contribution in [2.45, 2.75) is 0 Å². The van der Waals surface area contributed by atoms with E-state index in [1.165, 1.54) is 0 Å². The molecule has 0 saturated heterocycles. The highest BCUT2D eigenvalue weighted by atomic mass is 16.3. The van der Waals surface area contributed by atoms with Crippen LogP contribution in [-0.4, -0.2) is 19.6 Å². The van der Waals surface area contributed by atoms with Crippen LogP contribution in [0.4, 0.5) is 5.69 Å². The van der Waals surface area contributed by atoms with Crippen LogP contribution < -0.4 is 0 Å². The first-order valence-corrected chi connectivity index (χ1v) is 9.84. The Bertz CT molecular complexity index is 1460. The Morgan fingerprint density at radius 1 is 0.871 bits per heavy atom. The summed E-state index contributed by atoms with van der Waals surface area (Å²) in [5, 5.41) is 10.4. The predicted molar refractivity (Wildman–Crippen MR) is 123 cm³/mol. The Kier molecular flexibility index (Phi) is 4.46. The van der Waals surface area contributed by atoms with Crippen LogP contribution in [0.15, 0.2) is 85.1 Å². The number of aromatic hydroxyl groups is 1. The third-order valence-electron chi connectivity index (χ3n) is 5.40. The number of fused-ring (bicyclic) bond motifs is 1. The lowest BCUT2D eigenvalue weighted by Crippen LogP contribution is -1.92. The first-order valence-electron chi connectivity index (χ1n) is 9.84. The predicted octanol–water partition coefficient (Wildman–Crippen LogP) is 6.23. The van der Waals surface area contributed by atoms with Crippen LogP contribution in [0, 0.1) is 6.57 Å². The molecule has 3 aromatic carbocycles. The van der Waals surface area contributed by atoms with E-state index in [1.807, 2.05) is 60.1 Å². The van der Waals surface area contributed by atoms with Crippen molar-refractivity contribution in [2.24, 2.45) is 7.05 Å². The Hall–Kier alpha value is -4.43. The molecule has 0 spiro atoms. The Morgan fingerprint density at radius 3 is 2.52 bits per heavy atom. The van der Waals surface area contributed by atoms with E-state index in [0.29, 0.717) is 17.1 Å². The summed E-state index contributed by atoms with van der Waals surface area (Å²) < 4.78 is 1.95. The number of benzene rings is 3. The molecule has 0 saturated carbocycles. The number of imidazole rings is 1. The maximum atomic E-state index is 10.4. The highest BCUT2D eigenvalue weighted by Crippen LogP contribution is 2.37. The summed E-state index contributed by atoms with van der Waals surface area (Å²) in [6.45, 7) is 7.28. The molecule has 1 N–H and O–H groups in total. The van der Waals surface area contributed by atoms with E-state index in [9.17, 15) is 5.11 Å². The van der Waals surface area contributed by atoms with Crippen LogP contribution >= 0.6 is 0 Å². The van der Waals surface area contributed by atoms with Gasteiger partial charge in [-0.15, -0.1) is 0 Å². The summed E-state index contributed by atoms with van der Waals surface area (Å²) in [6, 6.07) is 25.0. The number of pyridine rings is 1. The molecule has 0 unspecified atom stereocenters. The van der Waals surface area contributed by atoms with E-state index in [4.69, 9.17) is 11.6 Å². The summed E-state index contributed by atoms with van der Waals surface area (Å²) >= 11 is 0. The molecule has 2 aromatic heterocycles. The lowest BCUT2D eigenvalue weighted by Gasteiger charge is -2.07. The van der Waals surface area contributed by atoms with Gasteiger partial charge in [-0.25, -0.2) is 9.83 Å². The molecule has 0 bridgehead atoms. The van der Waals surface area contributed by atoms with Gasteiger partial charge in [0.1, 0.15) is 11.6 Å². The molecule has 0 atom stereocenters. The minimum absolute atomic E-state index is 0.101. The van der Waals surface area contributed by atoms with Gasteiger partial charge < -0.3 is 9.67 Å². The largest absolute Gasteiger partial charge is 0.507 e. The highest BCUT2D eigenvalue weighted by molar-refractivity contribution is 5.95. The van der Waals surface area contributed by atoms with Gasteiger partial charge in [-0.05, 0) is 42.0 Å². The first-order chi connectivity index (χ1) is 15.2. The lowest BCUT2D eigenvalue weighted by molar-refractivity contribution is 0.477. The number of aromatic nitrogens is 3. The molecule has 0 fully saturated rings. The van der Waals surface area contributed by atoms with Crippen molar-refractivity contribution in [3.8, 4) is 39.5 Å². The topological polar surface area (TPSA) is 55.3 Å². The Balaban J connectivity index is 1.69. The second kappa shape index (κ2) is 7.43. The first kappa shape index (κ1) is 18.6. The average molecular weight is 402 g/mol. The van der Waals surface area contributed by atoms with Gasteiger partial charge in [-0.2, -0.15) is 0 Å². The molecule has 31 heavy (non-hydrogen) atoms. The molecule has 5 heteroatoms. The molecule has 0 aliphatic carbocycles. The van der Waals surface area contributed by atoms with E-state index >= 15 is 0 Å². The second-order valence-corrected chi connectivity index (χ2v) is 7.28. The molecule has 0 radical (unpaired) electrons. The number of phenols is 1. The average Bonchev–Trinajstić information content (AvgIpc) is 3.16. The zero-order valence-corrected chi connectivity index (χ0v) is 16.8. The maximum Gasteiger partial charge on any atom is 0.188 e. The number of hydrogen-bond donors (Lipinski definition) is 1. The minimum Gasteiger partial charge on any atom is -0.507 e. The maximum absolute atomic E-state index is 10.4. The summed E-state index contributed by atoms with van der Waals surface area (Å²) in [7, 11) is 1.92. The zero-order chi connectivity index (χ0) is 21.4. The summed E-state index contributed by atoms with van der Waals surface area (Å²) in [4.78, 5) is 12.8. The van der Waals surface area contributed by atoms with Gasteiger partial charge in [0.15, 0.2) is 5.69 Å². The van der Waals surface area contributed by atoms with Gasteiger partial charge in [0.2, 0.25) is 0 Å². The lowest BCUT2D eigenvalue weighted by atomic mass is 10.0. The SMILES string of the molecule is [C-]#[N+]c1ccc(O)c(-c2nc3c(-c4cccc(-c5ccccn5)c4)cccc3n2C)c1. The monoisotopic (exact) mass is 402 g/mol. The zero-order valence-electron chi connectivity index (χ0n) is 16.8. The Morgan fingerprint density at radius 2 is 1.71 bits per heavy atom. The summed E-state index contributed by atoms with van der Waals surface area (Å²) in [5.74, 6) is 0.718. The van der Waals surface area contributed by atoms with Crippen molar-refractivity contribution in [1.29, 1.82) is 0 Å². The van der Waals surface area contributed by atoms with Crippen LogP contribution in [0.25, 0.3) is 49.7 Å². The molecule has 148 valence electrons. The molecule has 0 amide bonds. The van der Waals surface area contributed by atoms with Gasteiger partial charge in [-0.1, -0.05) is 42.5 Å². The molecular weight excluding hydrogens is 384 g/mol. The Labute approximate surface area is 179 Å². The fraction of sp³-hybridized carbons (Fsp3) is 0.0385. The quantitative estimate of drug-likeness (QED) is 0.364. The number of para-hydroxylation sites is 1. The van der Waals surface area contributed by atoms with Gasteiger partial charge in [0.05, 0.1) is 23.3 Å².